The fourth-order valence-electron chi connectivity index (χ4n) is 4.44. The number of ketones is 1. The Balaban J connectivity index is 1.31. The number of anilines is 2. The summed E-state index contributed by atoms with van der Waals surface area (Å²) in [6, 6.07) is 33.9. The van der Waals surface area contributed by atoms with Crippen molar-refractivity contribution in [3.8, 4) is 10.4 Å². The van der Waals surface area contributed by atoms with Crippen LogP contribution in [0.2, 0.25) is 0 Å². The van der Waals surface area contributed by atoms with E-state index in [1.807, 2.05) is 49.4 Å². The highest BCUT2D eigenvalue weighted by Gasteiger charge is 2.17. The molecule has 2 N–H and O–H groups in total. The quantitative estimate of drug-likeness (QED) is 0.0955. The summed E-state index contributed by atoms with van der Waals surface area (Å²) in [7, 11) is 0. The van der Waals surface area contributed by atoms with Crippen LogP contribution < -0.4 is 10.6 Å². The molecule has 1 aromatic heterocycles. The van der Waals surface area contributed by atoms with Gasteiger partial charge in [-0.1, -0.05) is 72.3 Å². The van der Waals surface area contributed by atoms with Gasteiger partial charge >= 0.3 is 0 Å². The third-order valence-electron chi connectivity index (χ3n) is 6.73. The molecule has 0 saturated heterocycles. The average Bonchev–Trinajstić information content (AvgIpc) is 3.51. The highest BCUT2D eigenvalue weighted by Crippen LogP contribution is 2.30. The molecule has 214 valence electrons. The molecular formula is C36H30N2O3S2. The smallest absolute Gasteiger partial charge is 0.248 e. The van der Waals surface area contributed by atoms with Crippen molar-refractivity contribution < 1.29 is 14.4 Å². The zero-order chi connectivity index (χ0) is 30.2. The van der Waals surface area contributed by atoms with Crippen molar-refractivity contribution in [3.05, 3.63) is 142 Å². The van der Waals surface area contributed by atoms with Gasteiger partial charge in [-0.2, -0.15) is 0 Å². The lowest BCUT2D eigenvalue weighted by Crippen LogP contribution is -2.18. The Morgan fingerprint density at radius 3 is 2.28 bits per heavy atom. The summed E-state index contributed by atoms with van der Waals surface area (Å²) in [4.78, 5) is 42.5. The van der Waals surface area contributed by atoms with E-state index in [9.17, 15) is 14.4 Å². The first-order chi connectivity index (χ1) is 20.9. The molecule has 0 aliphatic rings. The SMILES string of the molecule is CSc1ccc(-c2ccc(/C=C/C(=O)Nc3ccc(NC(=O)Cc4ccc(C)cc4)c(C(=O)c4ccccc4)c3)s2)cc1. The van der Waals surface area contributed by atoms with Crippen LogP contribution in [0.1, 0.15) is 31.9 Å². The second kappa shape index (κ2) is 14.0. The molecule has 0 saturated carbocycles. The molecule has 0 spiro atoms. The molecule has 0 fully saturated rings. The van der Waals surface area contributed by atoms with Crippen LogP contribution in [0.5, 0.6) is 0 Å². The Hall–Kier alpha value is -4.72. The van der Waals surface area contributed by atoms with Crippen molar-refractivity contribution >= 4 is 58.1 Å². The Morgan fingerprint density at radius 1 is 0.814 bits per heavy atom. The number of benzene rings is 4. The van der Waals surface area contributed by atoms with Crippen molar-refractivity contribution in [2.24, 2.45) is 0 Å². The van der Waals surface area contributed by atoms with Crippen LogP contribution in [0.25, 0.3) is 16.5 Å². The maximum Gasteiger partial charge on any atom is 0.248 e. The Labute approximate surface area is 259 Å². The standard InChI is InChI=1S/C36H30N2O3S2/c1-24-8-10-25(11-9-24)22-35(40)38-32-19-14-28(23-31(32)36(41)27-6-4-3-5-7-27)37-34(39)21-18-30-17-20-33(43-30)26-12-15-29(42-2)16-13-26/h3-21,23H,22H2,1-2H3,(H,37,39)(H,38,40)/b21-18+. The number of hydrogen-bond acceptors (Lipinski definition) is 5. The maximum absolute atomic E-state index is 13.5. The molecule has 4 aromatic carbocycles. The Bertz CT molecular complexity index is 1770. The van der Waals surface area contributed by atoms with Crippen LogP contribution in [-0.4, -0.2) is 23.9 Å². The Kier molecular flexibility index (Phi) is 9.66. The fraction of sp³-hybridized carbons (Fsp3) is 0.0833. The van der Waals surface area contributed by atoms with Crippen LogP contribution in [0.4, 0.5) is 11.4 Å². The molecule has 0 aliphatic carbocycles. The molecule has 7 heteroatoms. The molecule has 5 aromatic rings. The van der Waals surface area contributed by atoms with Gasteiger partial charge in [-0.05, 0) is 72.8 Å². The van der Waals surface area contributed by atoms with Gasteiger partial charge in [-0.25, -0.2) is 0 Å². The Morgan fingerprint density at radius 2 is 1.56 bits per heavy atom. The van der Waals surface area contributed by atoms with E-state index in [-0.39, 0.29) is 24.0 Å². The van der Waals surface area contributed by atoms with Crippen molar-refractivity contribution in [2.75, 3.05) is 16.9 Å². The molecule has 2 amide bonds. The van der Waals surface area contributed by atoms with Crippen molar-refractivity contribution in [1.29, 1.82) is 0 Å². The van der Waals surface area contributed by atoms with Gasteiger partial charge in [0.15, 0.2) is 5.78 Å². The molecule has 0 bridgehead atoms. The number of thioether (sulfide) groups is 1. The van der Waals surface area contributed by atoms with Crippen LogP contribution >= 0.6 is 23.1 Å². The number of nitrogens with one attached hydrogen (secondary N) is 2. The minimum absolute atomic E-state index is 0.177. The minimum Gasteiger partial charge on any atom is -0.325 e. The number of carbonyl (C=O) groups excluding carboxylic acids is 3. The van der Waals surface area contributed by atoms with Crippen LogP contribution in [0.3, 0.4) is 0 Å². The fourth-order valence-corrected chi connectivity index (χ4v) is 5.77. The van der Waals surface area contributed by atoms with Crippen molar-refractivity contribution in [2.45, 2.75) is 18.2 Å². The minimum atomic E-state index is -0.325. The van der Waals surface area contributed by atoms with E-state index in [1.165, 1.54) is 11.0 Å². The van der Waals surface area contributed by atoms with E-state index in [1.54, 1.807) is 71.6 Å². The second-order valence-electron chi connectivity index (χ2n) is 9.92. The van der Waals surface area contributed by atoms with Crippen molar-refractivity contribution in [3.63, 3.8) is 0 Å². The van der Waals surface area contributed by atoms with E-state index >= 15 is 0 Å². The van der Waals surface area contributed by atoms with Gasteiger partial charge in [0.25, 0.3) is 0 Å². The topological polar surface area (TPSA) is 75.3 Å². The summed E-state index contributed by atoms with van der Waals surface area (Å²) >= 11 is 3.31. The van der Waals surface area contributed by atoms with E-state index < -0.39 is 0 Å². The molecular weight excluding hydrogens is 573 g/mol. The lowest BCUT2D eigenvalue weighted by atomic mass is 10.0. The summed E-state index contributed by atoms with van der Waals surface area (Å²) in [5.74, 6) is -0.815. The second-order valence-corrected chi connectivity index (χ2v) is 11.9. The number of aryl methyl sites for hydroxylation is 1. The average molecular weight is 603 g/mol. The van der Waals surface area contributed by atoms with Crippen LogP contribution in [0, 0.1) is 6.92 Å². The normalized spacial score (nSPS) is 10.9. The summed E-state index contributed by atoms with van der Waals surface area (Å²) in [5.41, 5.74) is 4.73. The van der Waals surface area contributed by atoms with E-state index in [0.29, 0.717) is 22.5 Å². The number of amides is 2. The number of carbonyl (C=O) groups is 3. The van der Waals surface area contributed by atoms with Crippen LogP contribution in [0.15, 0.2) is 120 Å². The van der Waals surface area contributed by atoms with E-state index in [0.717, 1.165) is 26.4 Å². The van der Waals surface area contributed by atoms with Gasteiger partial charge < -0.3 is 10.6 Å². The highest BCUT2D eigenvalue weighted by molar-refractivity contribution is 7.98. The molecule has 0 aliphatic heterocycles. The lowest BCUT2D eigenvalue weighted by Gasteiger charge is -2.13. The van der Waals surface area contributed by atoms with Gasteiger partial charge in [0.2, 0.25) is 11.8 Å². The molecule has 0 atom stereocenters. The maximum atomic E-state index is 13.5. The van der Waals surface area contributed by atoms with Gasteiger partial charge in [0.05, 0.1) is 12.1 Å². The van der Waals surface area contributed by atoms with Gasteiger partial charge in [-0.15, -0.1) is 23.1 Å². The zero-order valence-electron chi connectivity index (χ0n) is 23.8. The summed E-state index contributed by atoms with van der Waals surface area (Å²) in [5, 5.41) is 5.73. The first-order valence-corrected chi connectivity index (χ1v) is 15.7. The molecule has 0 unspecified atom stereocenters. The summed E-state index contributed by atoms with van der Waals surface area (Å²) in [6.07, 6.45) is 5.48. The molecule has 5 rings (SSSR count). The summed E-state index contributed by atoms with van der Waals surface area (Å²) in [6.45, 7) is 1.99. The van der Waals surface area contributed by atoms with Crippen LogP contribution in [-0.2, 0) is 16.0 Å². The highest BCUT2D eigenvalue weighted by atomic mass is 32.2. The van der Waals surface area contributed by atoms with Crippen molar-refractivity contribution in [1.82, 2.24) is 0 Å². The monoisotopic (exact) mass is 602 g/mol. The van der Waals surface area contributed by atoms with E-state index in [2.05, 4.69) is 41.2 Å². The zero-order valence-corrected chi connectivity index (χ0v) is 25.4. The predicted molar refractivity (Wildman–Crippen MR) is 179 cm³/mol. The lowest BCUT2D eigenvalue weighted by molar-refractivity contribution is -0.115. The van der Waals surface area contributed by atoms with Gasteiger partial charge in [0, 0.05) is 37.5 Å². The van der Waals surface area contributed by atoms with Gasteiger partial charge in [-0.3, -0.25) is 14.4 Å². The molecule has 5 nitrogen and oxygen atoms in total. The molecule has 0 radical (unpaired) electrons. The number of thiophene rings is 1. The van der Waals surface area contributed by atoms with Gasteiger partial charge in [0.1, 0.15) is 0 Å². The summed E-state index contributed by atoms with van der Waals surface area (Å²) < 4.78 is 0. The first kappa shape index (κ1) is 29.8. The molecule has 43 heavy (non-hydrogen) atoms. The predicted octanol–water partition coefficient (Wildman–Crippen LogP) is 8.51. The third kappa shape index (κ3) is 7.97. The van der Waals surface area contributed by atoms with E-state index in [4.69, 9.17) is 0 Å². The molecule has 1 heterocycles. The number of hydrogen-bond donors (Lipinski definition) is 2. The number of rotatable bonds is 10. The first-order valence-electron chi connectivity index (χ1n) is 13.7. The largest absolute Gasteiger partial charge is 0.325 e. The third-order valence-corrected chi connectivity index (χ3v) is 8.57.